The highest BCUT2D eigenvalue weighted by Crippen LogP contribution is 2.23. The minimum Gasteiger partial charge on any atom is -0.371 e. The van der Waals surface area contributed by atoms with E-state index in [1.54, 1.807) is 10.8 Å². The van der Waals surface area contributed by atoms with Gasteiger partial charge in [0.15, 0.2) is 0 Å². The van der Waals surface area contributed by atoms with Gasteiger partial charge < -0.3 is 15.5 Å². The predicted octanol–water partition coefficient (Wildman–Crippen LogP) is 3.57. The second-order valence-corrected chi connectivity index (χ2v) is 8.13. The highest BCUT2D eigenvalue weighted by Gasteiger charge is 2.20. The van der Waals surface area contributed by atoms with Gasteiger partial charge in [-0.3, -0.25) is 14.3 Å². The quantitative estimate of drug-likeness (QED) is 0.636. The molecule has 1 aliphatic rings. The molecule has 0 bridgehead atoms. The van der Waals surface area contributed by atoms with E-state index in [0.717, 1.165) is 47.8 Å². The van der Waals surface area contributed by atoms with E-state index in [4.69, 9.17) is 0 Å². The third kappa shape index (κ3) is 5.75. The molecule has 2 aromatic rings. The number of aromatic nitrogens is 2. The van der Waals surface area contributed by atoms with Gasteiger partial charge in [-0.05, 0) is 57.4 Å². The van der Waals surface area contributed by atoms with Crippen LogP contribution in [0, 0.1) is 13.8 Å². The first-order valence-corrected chi connectivity index (χ1v) is 11.0. The number of anilines is 2. The molecule has 166 valence electrons. The summed E-state index contributed by atoms with van der Waals surface area (Å²) in [6, 6.07) is 7.32. The van der Waals surface area contributed by atoms with Gasteiger partial charge in [0, 0.05) is 48.8 Å². The maximum Gasteiger partial charge on any atom is 0.246 e. The summed E-state index contributed by atoms with van der Waals surface area (Å²) in [6.07, 6.45) is 6.99. The fraction of sp³-hybridized carbons (Fsp3) is 0.458. The second kappa shape index (κ2) is 10.3. The van der Waals surface area contributed by atoms with Crippen LogP contribution in [0.15, 0.2) is 30.3 Å². The van der Waals surface area contributed by atoms with Crippen molar-refractivity contribution in [3.8, 4) is 0 Å². The normalized spacial score (nSPS) is 14.8. The van der Waals surface area contributed by atoms with Crippen LogP contribution in [0.5, 0.6) is 0 Å². The molecule has 1 aliphatic heterocycles. The monoisotopic (exact) mass is 423 g/mol. The summed E-state index contributed by atoms with van der Waals surface area (Å²) in [5, 5.41) is 10.2. The van der Waals surface area contributed by atoms with Gasteiger partial charge in [-0.2, -0.15) is 5.10 Å². The summed E-state index contributed by atoms with van der Waals surface area (Å²) < 4.78 is 1.79. The van der Waals surface area contributed by atoms with Crippen molar-refractivity contribution in [2.75, 3.05) is 23.3 Å². The Hall–Kier alpha value is -3.09. The van der Waals surface area contributed by atoms with Crippen LogP contribution in [0.3, 0.4) is 0 Å². The molecule has 1 atom stereocenters. The molecule has 2 amide bonds. The van der Waals surface area contributed by atoms with Crippen LogP contribution >= 0.6 is 0 Å². The molecule has 3 rings (SSSR count). The summed E-state index contributed by atoms with van der Waals surface area (Å²) in [7, 11) is 1.88. The first-order chi connectivity index (χ1) is 14.9. The number of rotatable bonds is 8. The van der Waals surface area contributed by atoms with Gasteiger partial charge >= 0.3 is 0 Å². The number of carbonyl (C=O) groups is 2. The van der Waals surface area contributed by atoms with Crippen LogP contribution in [0.2, 0.25) is 0 Å². The van der Waals surface area contributed by atoms with Gasteiger partial charge in [-0.15, -0.1) is 0 Å². The van der Waals surface area contributed by atoms with E-state index < -0.39 is 6.04 Å². The van der Waals surface area contributed by atoms with Gasteiger partial charge in [-0.25, -0.2) is 0 Å². The molecular weight excluding hydrogens is 390 g/mol. The lowest BCUT2D eigenvalue weighted by molar-refractivity contribution is -0.123. The van der Waals surface area contributed by atoms with E-state index in [-0.39, 0.29) is 11.8 Å². The molecule has 0 aliphatic carbocycles. The highest BCUT2D eigenvalue weighted by atomic mass is 16.2. The largest absolute Gasteiger partial charge is 0.371 e. The van der Waals surface area contributed by atoms with Crippen molar-refractivity contribution in [2.45, 2.75) is 52.5 Å². The third-order valence-corrected chi connectivity index (χ3v) is 5.76. The maximum absolute atomic E-state index is 12.9. The summed E-state index contributed by atoms with van der Waals surface area (Å²) in [6.45, 7) is 7.97. The highest BCUT2D eigenvalue weighted by molar-refractivity contribution is 6.00. The van der Waals surface area contributed by atoms with Gasteiger partial charge in [0.05, 0.1) is 5.69 Å². The molecule has 0 saturated carbocycles. The van der Waals surface area contributed by atoms with Crippen LogP contribution in [0.25, 0.3) is 6.08 Å². The van der Waals surface area contributed by atoms with Crippen molar-refractivity contribution in [2.24, 2.45) is 7.05 Å². The van der Waals surface area contributed by atoms with Gasteiger partial charge in [0.1, 0.15) is 6.04 Å². The maximum atomic E-state index is 12.9. The summed E-state index contributed by atoms with van der Waals surface area (Å²) in [5.41, 5.74) is 4.65. The molecule has 1 aromatic heterocycles. The number of aryl methyl sites for hydroxylation is 2. The molecule has 0 spiro atoms. The first-order valence-electron chi connectivity index (χ1n) is 11.0. The number of nitrogens with one attached hydrogen (secondary N) is 2. The third-order valence-electron chi connectivity index (χ3n) is 5.76. The topological polar surface area (TPSA) is 79.3 Å². The van der Waals surface area contributed by atoms with E-state index in [0.29, 0.717) is 6.42 Å². The average molecular weight is 424 g/mol. The number of benzene rings is 1. The fourth-order valence-corrected chi connectivity index (χ4v) is 3.95. The number of amides is 2. The van der Waals surface area contributed by atoms with Gasteiger partial charge in [0.25, 0.3) is 0 Å². The van der Waals surface area contributed by atoms with Crippen molar-refractivity contribution in [1.82, 2.24) is 15.1 Å². The van der Waals surface area contributed by atoms with Crippen molar-refractivity contribution in [3.05, 3.63) is 47.3 Å². The zero-order valence-electron chi connectivity index (χ0n) is 18.9. The molecule has 31 heavy (non-hydrogen) atoms. The minimum atomic E-state index is -0.589. The Kier molecular flexibility index (Phi) is 7.50. The Morgan fingerprint density at radius 3 is 2.61 bits per heavy atom. The van der Waals surface area contributed by atoms with Crippen LogP contribution in [0.4, 0.5) is 11.4 Å². The lowest BCUT2D eigenvalue weighted by Gasteiger charge is -2.20. The fourth-order valence-electron chi connectivity index (χ4n) is 3.95. The zero-order valence-corrected chi connectivity index (χ0v) is 18.9. The van der Waals surface area contributed by atoms with Crippen molar-refractivity contribution in [3.63, 3.8) is 0 Å². The lowest BCUT2D eigenvalue weighted by atomic mass is 10.1. The Bertz CT molecular complexity index is 957. The number of carbonyl (C=O) groups excluding carboxylic acids is 2. The van der Waals surface area contributed by atoms with Crippen LogP contribution < -0.4 is 15.5 Å². The molecule has 2 N–H and O–H groups in total. The standard InChI is InChI=1S/C24H33N5O2/c1-5-9-22(26-23(30)13-12-21-17(2)27-28(4)18(21)3)24(31)25-19-10-8-11-20(16-19)29-14-6-7-15-29/h8,10-13,16,22H,5-7,9,14-15H2,1-4H3,(H,25,31)(H,26,30)/b13-12+. The van der Waals surface area contributed by atoms with E-state index in [2.05, 4.69) is 26.7 Å². The Labute approximate surface area is 184 Å². The average Bonchev–Trinajstić information content (AvgIpc) is 3.35. The zero-order chi connectivity index (χ0) is 22.4. The molecule has 7 nitrogen and oxygen atoms in total. The molecule has 2 heterocycles. The van der Waals surface area contributed by atoms with Crippen LogP contribution in [-0.2, 0) is 16.6 Å². The van der Waals surface area contributed by atoms with Crippen molar-refractivity contribution >= 4 is 29.3 Å². The Balaban J connectivity index is 1.64. The first kappa shape index (κ1) is 22.6. The van der Waals surface area contributed by atoms with E-state index in [1.807, 2.05) is 46.0 Å². The number of hydrogen-bond donors (Lipinski definition) is 2. The van der Waals surface area contributed by atoms with Crippen molar-refractivity contribution < 1.29 is 9.59 Å². The molecule has 1 saturated heterocycles. The van der Waals surface area contributed by atoms with E-state index >= 15 is 0 Å². The smallest absolute Gasteiger partial charge is 0.246 e. The Morgan fingerprint density at radius 2 is 1.97 bits per heavy atom. The summed E-state index contributed by atoms with van der Waals surface area (Å²) in [4.78, 5) is 27.7. The molecule has 1 aromatic carbocycles. The lowest BCUT2D eigenvalue weighted by Crippen LogP contribution is -2.43. The molecule has 1 fully saturated rings. The van der Waals surface area contributed by atoms with Crippen molar-refractivity contribution in [1.29, 1.82) is 0 Å². The van der Waals surface area contributed by atoms with Gasteiger partial charge in [-0.1, -0.05) is 19.4 Å². The molecular formula is C24H33N5O2. The van der Waals surface area contributed by atoms with E-state index in [1.165, 1.54) is 18.9 Å². The summed E-state index contributed by atoms with van der Waals surface area (Å²) >= 11 is 0. The SMILES string of the molecule is CCCC(NC(=O)/C=C/c1c(C)nn(C)c1C)C(=O)Nc1cccc(N2CCCC2)c1. The van der Waals surface area contributed by atoms with E-state index in [9.17, 15) is 9.59 Å². The van der Waals surface area contributed by atoms with Crippen LogP contribution in [-0.4, -0.2) is 40.7 Å². The molecule has 7 heteroatoms. The van der Waals surface area contributed by atoms with Crippen LogP contribution in [0.1, 0.15) is 49.6 Å². The summed E-state index contributed by atoms with van der Waals surface area (Å²) in [5.74, 6) is -0.488. The number of hydrogen-bond acceptors (Lipinski definition) is 4. The minimum absolute atomic E-state index is 0.198. The molecule has 0 radical (unpaired) electrons. The number of nitrogens with zero attached hydrogens (tertiary/aromatic N) is 3. The predicted molar refractivity (Wildman–Crippen MR) is 125 cm³/mol. The van der Waals surface area contributed by atoms with Gasteiger partial charge in [0.2, 0.25) is 11.8 Å². The Morgan fingerprint density at radius 1 is 1.23 bits per heavy atom. The second-order valence-electron chi connectivity index (χ2n) is 8.13. The molecule has 1 unspecified atom stereocenters.